The van der Waals surface area contributed by atoms with Crippen LogP contribution in [0.3, 0.4) is 0 Å². The van der Waals surface area contributed by atoms with Gasteiger partial charge in [0, 0.05) is 12.6 Å². The van der Waals surface area contributed by atoms with Gasteiger partial charge in [-0.2, -0.15) is 0 Å². The maximum Gasteiger partial charge on any atom is 0.315 e. The van der Waals surface area contributed by atoms with Gasteiger partial charge in [-0.05, 0) is 43.4 Å². The summed E-state index contributed by atoms with van der Waals surface area (Å²) in [5.41, 5.74) is 0. The molecule has 2 amide bonds. The van der Waals surface area contributed by atoms with Crippen LogP contribution < -0.4 is 10.6 Å². The van der Waals surface area contributed by atoms with E-state index in [1.807, 2.05) is 0 Å². The molecule has 3 heteroatoms. The van der Waals surface area contributed by atoms with Crippen LogP contribution >= 0.6 is 0 Å². The number of amides is 2. The first-order chi connectivity index (χ1) is 9.69. The Kier molecular flexibility index (Phi) is 6.18. The summed E-state index contributed by atoms with van der Waals surface area (Å²) in [7, 11) is 0. The fourth-order valence-corrected chi connectivity index (χ4v) is 4.09. The van der Waals surface area contributed by atoms with Gasteiger partial charge in [-0.25, -0.2) is 4.79 Å². The summed E-state index contributed by atoms with van der Waals surface area (Å²) in [4.78, 5) is 12.1. The zero-order chi connectivity index (χ0) is 14.4. The molecule has 2 saturated carbocycles. The SMILES string of the molecule is CCC1CCCCC1NC(=O)NCC1CCCC(C)C1. The van der Waals surface area contributed by atoms with Crippen LogP contribution in [0.1, 0.15) is 71.6 Å². The molecule has 0 heterocycles. The van der Waals surface area contributed by atoms with Crippen molar-refractivity contribution in [1.29, 1.82) is 0 Å². The van der Waals surface area contributed by atoms with Crippen molar-refractivity contribution in [2.75, 3.05) is 6.54 Å². The van der Waals surface area contributed by atoms with E-state index in [2.05, 4.69) is 24.5 Å². The van der Waals surface area contributed by atoms with Crippen molar-refractivity contribution in [1.82, 2.24) is 10.6 Å². The molecular formula is C17H32N2O. The van der Waals surface area contributed by atoms with Crippen molar-refractivity contribution < 1.29 is 4.79 Å². The van der Waals surface area contributed by atoms with E-state index in [1.54, 1.807) is 0 Å². The second-order valence-corrected chi connectivity index (χ2v) is 7.05. The molecule has 2 N–H and O–H groups in total. The van der Waals surface area contributed by atoms with Gasteiger partial charge in [-0.3, -0.25) is 0 Å². The molecule has 4 atom stereocenters. The molecule has 2 rings (SSSR count). The monoisotopic (exact) mass is 280 g/mol. The highest BCUT2D eigenvalue weighted by atomic mass is 16.2. The van der Waals surface area contributed by atoms with Crippen molar-refractivity contribution >= 4 is 6.03 Å². The van der Waals surface area contributed by atoms with Gasteiger partial charge < -0.3 is 10.6 Å². The third-order valence-corrected chi connectivity index (χ3v) is 5.35. The van der Waals surface area contributed by atoms with Gasteiger partial charge in [0.15, 0.2) is 0 Å². The van der Waals surface area contributed by atoms with Gasteiger partial charge >= 0.3 is 6.03 Å². The number of hydrogen-bond acceptors (Lipinski definition) is 1. The molecule has 116 valence electrons. The summed E-state index contributed by atoms with van der Waals surface area (Å²) in [6.45, 7) is 5.44. The minimum Gasteiger partial charge on any atom is -0.338 e. The van der Waals surface area contributed by atoms with Crippen molar-refractivity contribution in [3.63, 3.8) is 0 Å². The molecule has 0 aromatic rings. The summed E-state index contributed by atoms with van der Waals surface area (Å²) in [5, 5.41) is 6.34. The Morgan fingerprint density at radius 3 is 2.65 bits per heavy atom. The highest BCUT2D eigenvalue weighted by Gasteiger charge is 2.25. The summed E-state index contributed by atoms with van der Waals surface area (Å²) >= 11 is 0. The Morgan fingerprint density at radius 1 is 1.10 bits per heavy atom. The first-order valence-corrected chi connectivity index (χ1v) is 8.73. The average molecular weight is 280 g/mol. The van der Waals surface area contributed by atoms with Crippen LogP contribution in [0, 0.1) is 17.8 Å². The van der Waals surface area contributed by atoms with Gasteiger partial charge in [0.05, 0.1) is 0 Å². The normalized spacial score (nSPS) is 34.5. The molecule has 3 nitrogen and oxygen atoms in total. The molecule has 2 aliphatic rings. The standard InChI is InChI=1S/C17H32N2O/c1-3-15-9-4-5-10-16(15)19-17(20)18-12-14-8-6-7-13(2)11-14/h13-16H,3-12H2,1-2H3,(H2,18,19,20). The Hall–Kier alpha value is -0.730. The Bertz CT molecular complexity index is 305. The van der Waals surface area contributed by atoms with Crippen molar-refractivity contribution in [2.24, 2.45) is 17.8 Å². The predicted octanol–water partition coefficient (Wildman–Crippen LogP) is 4.08. The fourth-order valence-electron chi connectivity index (χ4n) is 4.09. The second kappa shape index (κ2) is 7.90. The molecule has 0 aliphatic heterocycles. The molecule has 4 unspecified atom stereocenters. The zero-order valence-corrected chi connectivity index (χ0v) is 13.3. The molecule has 0 saturated heterocycles. The first-order valence-electron chi connectivity index (χ1n) is 8.73. The first kappa shape index (κ1) is 15.7. The maximum absolute atomic E-state index is 12.1. The van der Waals surface area contributed by atoms with Crippen molar-refractivity contribution in [3.8, 4) is 0 Å². The van der Waals surface area contributed by atoms with Crippen molar-refractivity contribution in [2.45, 2.75) is 77.7 Å². The number of carbonyl (C=O) groups is 1. The number of carbonyl (C=O) groups excluding carboxylic acids is 1. The van der Waals surface area contributed by atoms with E-state index >= 15 is 0 Å². The smallest absolute Gasteiger partial charge is 0.315 e. The van der Waals surface area contributed by atoms with Crippen LogP contribution in [-0.4, -0.2) is 18.6 Å². The van der Waals surface area contributed by atoms with E-state index in [4.69, 9.17) is 0 Å². The quantitative estimate of drug-likeness (QED) is 0.800. The molecule has 0 radical (unpaired) electrons. The molecule has 0 aromatic carbocycles. The predicted molar refractivity (Wildman–Crippen MR) is 83.7 cm³/mol. The third kappa shape index (κ3) is 4.68. The van der Waals surface area contributed by atoms with Gasteiger partial charge in [-0.1, -0.05) is 46.0 Å². The third-order valence-electron chi connectivity index (χ3n) is 5.35. The van der Waals surface area contributed by atoms with Gasteiger partial charge in [-0.15, -0.1) is 0 Å². The van der Waals surface area contributed by atoms with Crippen LogP contribution in [0.15, 0.2) is 0 Å². The molecule has 2 fully saturated rings. The Morgan fingerprint density at radius 2 is 1.90 bits per heavy atom. The van der Waals surface area contributed by atoms with E-state index < -0.39 is 0 Å². The lowest BCUT2D eigenvalue weighted by atomic mass is 9.82. The molecule has 0 bridgehead atoms. The summed E-state index contributed by atoms with van der Waals surface area (Å²) in [6.07, 6.45) is 11.5. The van der Waals surface area contributed by atoms with Crippen LogP contribution in [0.25, 0.3) is 0 Å². The van der Waals surface area contributed by atoms with Gasteiger partial charge in [0.2, 0.25) is 0 Å². The van der Waals surface area contributed by atoms with E-state index in [1.165, 1.54) is 51.4 Å². The number of rotatable bonds is 4. The lowest BCUT2D eigenvalue weighted by molar-refractivity contribution is 0.210. The topological polar surface area (TPSA) is 41.1 Å². The molecule has 0 spiro atoms. The molecule has 2 aliphatic carbocycles. The zero-order valence-electron chi connectivity index (χ0n) is 13.3. The molecule has 20 heavy (non-hydrogen) atoms. The summed E-state index contributed by atoms with van der Waals surface area (Å²) < 4.78 is 0. The van der Waals surface area contributed by atoms with Gasteiger partial charge in [0.25, 0.3) is 0 Å². The highest BCUT2D eigenvalue weighted by Crippen LogP contribution is 2.28. The van der Waals surface area contributed by atoms with E-state index in [9.17, 15) is 4.79 Å². The lowest BCUT2D eigenvalue weighted by Crippen LogP contribution is -2.47. The second-order valence-electron chi connectivity index (χ2n) is 7.05. The largest absolute Gasteiger partial charge is 0.338 e. The number of nitrogens with one attached hydrogen (secondary N) is 2. The lowest BCUT2D eigenvalue weighted by Gasteiger charge is -2.32. The Labute approximate surface area is 124 Å². The molecular weight excluding hydrogens is 248 g/mol. The minimum absolute atomic E-state index is 0.0635. The minimum atomic E-state index is 0.0635. The van der Waals surface area contributed by atoms with Crippen LogP contribution in [0.5, 0.6) is 0 Å². The summed E-state index contributed by atoms with van der Waals surface area (Å²) in [5.74, 6) is 2.21. The highest BCUT2D eigenvalue weighted by molar-refractivity contribution is 5.74. The Balaban J connectivity index is 1.69. The van der Waals surface area contributed by atoms with Crippen molar-refractivity contribution in [3.05, 3.63) is 0 Å². The maximum atomic E-state index is 12.1. The fraction of sp³-hybridized carbons (Fsp3) is 0.941. The summed E-state index contributed by atoms with van der Waals surface area (Å²) in [6, 6.07) is 0.465. The van der Waals surface area contributed by atoms with E-state index in [0.717, 1.165) is 18.9 Å². The average Bonchev–Trinajstić information content (AvgIpc) is 2.46. The van der Waals surface area contributed by atoms with E-state index in [-0.39, 0.29) is 6.03 Å². The van der Waals surface area contributed by atoms with Gasteiger partial charge in [0.1, 0.15) is 0 Å². The number of urea groups is 1. The van der Waals surface area contributed by atoms with Crippen LogP contribution in [0.2, 0.25) is 0 Å². The number of hydrogen-bond donors (Lipinski definition) is 2. The van der Waals surface area contributed by atoms with E-state index in [0.29, 0.717) is 17.9 Å². The van der Waals surface area contributed by atoms with Crippen LogP contribution in [0.4, 0.5) is 4.79 Å². The molecule has 0 aromatic heterocycles. The van der Waals surface area contributed by atoms with Crippen LogP contribution in [-0.2, 0) is 0 Å².